The first-order valence-corrected chi connectivity index (χ1v) is 5.63. The first-order chi connectivity index (χ1) is 8.09. The molecule has 0 amide bonds. The second-order valence-corrected chi connectivity index (χ2v) is 4.33. The molecule has 2 heterocycles. The summed E-state index contributed by atoms with van der Waals surface area (Å²) in [7, 11) is 1.75. The van der Waals surface area contributed by atoms with Gasteiger partial charge in [-0.15, -0.1) is 0 Å². The van der Waals surface area contributed by atoms with Gasteiger partial charge < -0.3 is 0 Å². The van der Waals surface area contributed by atoms with Crippen molar-refractivity contribution in [1.29, 1.82) is 0 Å². The predicted molar refractivity (Wildman–Crippen MR) is 64.9 cm³/mol. The molecule has 0 fully saturated rings. The van der Waals surface area contributed by atoms with E-state index in [9.17, 15) is 4.79 Å². The lowest BCUT2D eigenvalue weighted by atomic mass is 10.2. The first kappa shape index (κ1) is 11.6. The molecule has 0 atom stereocenters. The highest BCUT2D eigenvalue weighted by Crippen LogP contribution is 2.08. The van der Waals surface area contributed by atoms with Crippen LogP contribution in [0.15, 0.2) is 29.2 Å². The summed E-state index contributed by atoms with van der Waals surface area (Å²) < 4.78 is 3.05. The van der Waals surface area contributed by atoms with E-state index in [1.54, 1.807) is 17.8 Å². The van der Waals surface area contributed by atoms with Gasteiger partial charge in [0.05, 0.1) is 12.2 Å². The Kier molecular flexibility index (Phi) is 3.08. The Balaban J connectivity index is 2.35. The van der Waals surface area contributed by atoms with Crippen molar-refractivity contribution in [3.8, 4) is 0 Å². The highest BCUT2D eigenvalue weighted by atomic mass is 16.2. The SMILES string of the molecule is CC(C)c1nn(Cc2ccccn2)c(=O)n1C. The largest absolute Gasteiger partial charge is 0.346 e. The zero-order valence-electron chi connectivity index (χ0n) is 10.3. The fourth-order valence-electron chi connectivity index (χ4n) is 1.76. The van der Waals surface area contributed by atoms with E-state index < -0.39 is 0 Å². The summed E-state index contributed by atoms with van der Waals surface area (Å²) in [6.45, 7) is 4.46. The van der Waals surface area contributed by atoms with Crippen molar-refractivity contribution in [2.24, 2.45) is 7.05 Å². The Morgan fingerprint density at radius 2 is 2.12 bits per heavy atom. The first-order valence-electron chi connectivity index (χ1n) is 5.63. The summed E-state index contributed by atoms with van der Waals surface area (Å²) in [6.07, 6.45) is 1.71. The molecule has 0 aromatic carbocycles. The average molecular weight is 232 g/mol. The van der Waals surface area contributed by atoms with E-state index in [-0.39, 0.29) is 11.6 Å². The van der Waals surface area contributed by atoms with Crippen molar-refractivity contribution in [1.82, 2.24) is 19.3 Å². The van der Waals surface area contributed by atoms with E-state index in [0.29, 0.717) is 6.54 Å². The lowest BCUT2D eigenvalue weighted by molar-refractivity contribution is 0.628. The second kappa shape index (κ2) is 4.53. The summed E-state index contributed by atoms with van der Waals surface area (Å²) in [5.74, 6) is 1.03. The lowest BCUT2D eigenvalue weighted by Crippen LogP contribution is -2.24. The Morgan fingerprint density at radius 1 is 1.35 bits per heavy atom. The number of hydrogen-bond donors (Lipinski definition) is 0. The van der Waals surface area contributed by atoms with Crippen LogP contribution in [-0.2, 0) is 13.6 Å². The van der Waals surface area contributed by atoms with E-state index in [1.165, 1.54) is 4.68 Å². The van der Waals surface area contributed by atoms with Crippen molar-refractivity contribution >= 4 is 0 Å². The molecule has 2 aromatic heterocycles. The van der Waals surface area contributed by atoms with Gasteiger partial charge in [0.2, 0.25) is 0 Å². The number of aromatic nitrogens is 4. The van der Waals surface area contributed by atoms with E-state index in [4.69, 9.17) is 0 Å². The maximum atomic E-state index is 11.9. The molecule has 0 spiro atoms. The Bertz CT molecular complexity index is 554. The van der Waals surface area contributed by atoms with Crippen LogP contribution in [0.4, 0.5) is 0 Å². The van der Waals surface area contributed by atoms with E-state index in [1.807, 2.05) is 32.0 Å². The fraction of sp³-hybridized carbons (Fsp3) is 0.417. The van der Waals surface area contributed by atoms with Crippen LogP contribution in [0.25, 0.3) is 0 Å². The molecule has 0 radical (unpaired) electrons. The molecule has 2 rings (SSSR count). The molecule has 5 heteroatoms. The summed E-state index contributed by atoms with van der Waals surface area (Å²) >= 11 is 0. The minimum absolute atomic E-state index is 0.0978. The maximum absolute atomic E-state index is 11.9. The molecule has 0 N–H and O–H groups in total. The standard InChI is InChI=1S/C12H16N4O/c1-9(2)11-14-16(12(17)15(11)3)8-10-6-4-5-7-13-10/h4-7,9H,8H2,1-3H3. The van der Waals surface area contributed by atoms with E-state index >= 15 is 0 Å². The Hall–Kier alpha value is -1.91. The van der Waals surface area contributed by atoms with E-state index in [2.05, 4.69) is 10.1 Å². The van der Waals surface area contributed by atoms with Crippen molar-refractivity contribution < 1.29 is 0 Å². The quantitative estimate of drug-likeness (QED) is 0.797. The molecular weight excluding hydrogens is 216 g/mol. The van der Waals surface area contributed by atoms with Gasteiger partial charge >= 0.3 is 5.69 Å². The molecular formula is C12H16N4O. The Labute approximate surface area is 99.7 Å². The van der Waals surface area contributed by atoms with Gasteiger partial charge in [-0.25, -0.2) is 9.48 Å². The van der Waals surface area contributed by atoms with Crippen LogP contribution in [0.1, 0.15) is 31.3 Å². The molecule has 0 saturated carbocycles. The molecule has 2 aromatic rings. The lowest BCUT2D eigenvalue weighted by Gasteiger charge is -2.00. The minimum Gasteiger partial charge on any atom is -0.282 e. The van der Waals surface area contributed by atoms with Crippen LogP contribution in [0.3, 0.4) is 0 Å². The number of nitrogens with zero attached hydrogens (tertiary/aromatic N) is 4. The van der Waals surface area contributed by atoms with Crippen molar-refractivity contribution in [3.05, 3.63) is 46.4 Å². The highest BCUT2D eigenvalue weighted by Gasteiger charge is 2.13. The van der Waals surface area contributed by atoms with Crippen molar-refractivity contribution in [2.75, 3.05) is 0 Å². The zero-order chi connectivity index (χ0) is 12.4. The molecule has 0 unspecified atom stereocenters. The molecule has 0 bridgehead atoms. The van der Waals surface area contributed by atoms with E-state index in [0.717, 1.165) is 11.5 Å². The summed E-state index contributed by atoms with van der Waals surface area (Å²) in [5, 5.41) is 4.33. The van der Waals surface area contributed by atoms with Crippen LogP contribution >= 0.6 is 0 Å². The summed E-state index contributed by atoms with van der Waals surface area (Å²) in [6, 6.07) is 5.64. The van der Waals surface area contributed by atoms with Crippen LogP contribution in [0, 0.1) is 0 Å². The smallest absolute Gasteiger partial charge is 0.282 e. The molecule has 17 heavy (non-hydrogen) atoms. The van der Waals surface area contributed by atoms with Gasteiger partial charge in [-0.1, -0.05) is 19.9 Å². The Morgan fingerprint density at radius 3 is 2.65 bits per heavy atom. The normalized spacial score (nSPS) is 11.1. The molecule has 0 saturated heterocycles. The van der Waals surface area contributed by atoms with Gasteiger partial charge in [0.15, 0.2) is 0 Å². The highest BCUT2D eigenvalue weighted by molar-refractivity contribution is 5.04. The third kappa shape index (κ3) is 2.27. The van der Waals surface area contributed by atoms with Crippen LogP contribution in [0.2, 0.25) is 0 Å². The monoisotopic (exact) mass is 232 g/mol. The molecule has 0 aliphatic carbocycles. The topological polar surface area (TPSA) is 52.7 Å². The van der Waals surface area contributed by atoms with Crippen molar-refractivity contribution in [3.63, 3.8) is 0 Å². The summed E-state index contributed by atoms with van der Waals surface area (Å²) in [4.78, 5) is 16.1. The second-order valence-electron chi connectivity index (χ2n) is 4.33. The molecule has 0 aliphatic heterocycles. The van der Waals surface area contributed by atoms with Crippen LogP contribution < -0.4 is 5.69 Å². The number of pyridine rings is 1. The van der Waals surface area contributed by atoms with Gasteiger partial charge in [0.1, 0.15) is 5.82 Å². The zero-order valence-corrected chi connectivity index (χ0v) is 10.3. The third-order valence-electron chi connectivity index (χ3n) is 2.63. The predicted octanol–water partition coefficient (Wildman–Crippen LogP) is 1.15. The maximum Gasteiger partial charge on any atom is 0.346 e. The van der Waals surface area contributed by atoms with Gasteiger partial charge in [0, 0.05) is 19.2 Å². The third-order valence-corrected chi connectivity index (χ3v) is 2.63. The van der Waals surface area contributed by atoms with Gasteiger partial charge in [0.25, 0.3) is 0 Å². The molecule has 90 valence electrons. The number of rotatable bonds is 3. The fourth-order valence-corrected chi connectivity index (χ4v) is 1.76. The summed E-state index contributed by atoms with van der Waals surface area (Å²) in [5.41, 5.74) is 0.738. The van der Waals surface area contributed by atoms with Crippen LogP contribution in [-0.4, -0.2) is 19.3 Å². The van der Waals surface area contributed by atoms with Gasteiger partial charge in [-0.2, -0.15) is 5.10 Å². The van der Waals surface area contributed by atoms with Crippen LogP contribution in [0.5, 0.6) is 0 Å². The average Bonchev–Trinajstić information content (AvgIpc) is 2.59. The molecule has 5 nitrogen and oxygen atoms in total. The van der Waals surface area contributed by atoms with Crippen molar-refractivity contribution in [2.45, 2.75) is 26.3 Å². The minimum atomic E-state index is -0.0978. The van der Waals surface area contributed by atoms with Gasteiger partial charge in [-0.05, 0) is 12.1 Å². The number of hydrogen-bond acceptors (Lipinski definition) is 3. The molecule has 0 aliphatic rings. The van der Waals surface area contributed by atoms with Gasteiger partial charge in [-0.3, -0.25) is 9.55 Å².